The van der Waals surface area contributed by atoms with Crippen molar-refractivity contribution in [3.05, 3.63) is 108 Å². The number of halogens is 3. The molecule has 0 atom stereocenters. The summed E-state index contributed by atoms with van der Waals surface area (Å²) in [5, 5.41) is 6.19. The fourth-order valence-electron chi connectivity index (χ4n) is 3.52. The van der Waals surface area contributed by atoms with Crippen LogP contribution in [-0.2, 0) is 6.42 Å². The van der Waals surface area contributed by atoms with E-state index in [0.29, 0.717) is 22.4 Å². The van der Waals surface area contributed by atoms with Crippen LogP contribution in [0.4, 0.5) is 24.5 Å². The van der Waals surface area contributed by atoms with E-state index in [-0.39, 0.29) is 11.7 Å². The Morgan fingerprint density at radius 2 is 1.51 bits per heavy atom. The average Bonchev–Trinajstić information content (AvgIpc) is 2.85. The van der Waals surface area contributed by atoms with Crippen molar-refractivity contribution in [1.82, 2.24) is 4.98 Å². The lowest BCUT2D eigenvalue weighted by Crippen LogP contribution is -2.17. The fraction of sp³-hybridized carbons (Fsp3) is 0.111. The van der Waals surface area contributed by atoms with Gasteiger partial charge in [-0.3, -0.25) is 9.78 Å². The van der Waals surface area contributed by atoms with Gasteiger partial charge in [0.05, 0.1) is 0 Å². The molecule has 1 amide bonds. The van der Waals surface area contributed by atoms with Crippen molar-refractivity contribution in [3.8, 4) is 16.9 Å². The SMILES string of the molecule is O=C(Nc1ccc(NCCc2ccccn2)cc1)c1ccccc1-c1ccc(OC(F)(F)F)cc1. The predicted octanol–water partition coefficient (Wildman–Crippen LogP) is 6.55. The highest BCUT2D eigenvalue weighted by molar-refractivity contribution is 6.08. The minimum atomic E-state index is -4.76. The molecule has 0 aliphatic carbocycles. The van der Waals surface area contributed by atoms with Crippen molar-refractivity contribution in [3.63, 3.8) is 0 Å². The molecule has 5 nitrogen and oxygen atoms in total. The topological polar surface area (TPSA) is 63.2 Å². The molecule has 35 heavy (non-hydrogen) atoms. The van der Waals surface area contributed by atoms with Crippen LogP contribution in [0.1, 0.15) is 16.1 Å². The number of benzene rings is 3. The van der Waals surface area contributed by atoms with Crippen LogP contribution in [0.5, 0.6) is 5.75 Å². The second-order valence-corrected chi connectivity index (χ2v) is 7.65. The van der Waals surface area contributed by atoms with Gasteiger partial charge < -0.3 is 15.4 Å². The maximum atomic E-state index is 13.0. The Morgan fingerprint density at radius 3 is 2.20 bits per heavy atom. The summed E-state index contributed by atoms with van der Waals surface area (Å²) in [6.45, 7) is 0.725. The van der Waals surface area contributed by atoms with E-state index in [1.54, 1.807) is 42.6 Å². The molecule has 178 valence electrons. The van der Waals surface area contributed by atoms with Gasteiger partial charge in [0.1, 0.15) is 5.75 Å². The van der Waals surface area contributed by atoms with Crippen molar-refractivity contribution >= 4 is 17.3 Å². The highest BCUT2D eigenvalue weighted by Gasteiger charge is 2.31. The minimum absolute atomic E-state index is 0.322. The molecule has 3 aromatic carbocycles. The Bertz CT molecular complexity index is 1260. The Kier molecular flexibility index (Phi) is 7.30. The molecular formula is C27H22F3N3O2. The molecule has 1 heterocycles. The van der Waals surface area contributed by atoms with Gasteiger partial charge in [0.15, 0.2) is 0 Å². The van der Waals surface area contributed by atoms with Crippen LogP contribution in [0.3, 0.4) is 0 Å². The minimum Gasteiger partial charge on any atom is -0.406 e. The number of anilines is 2. The molecule has 4 rings (SSSR count). The van der Waals surface area contributed by atoms with E-state index < -0.39 is 6.36 Å². The molecule has 8 heteroatoms. The Morgan fingerprint density at radius 1 is 0.829 bits per heavy atom. The number of ether oxygens (including phenoxy) is 1. The van der Waals surface area contributed by atoms with Crippen LogP contribution < -0.4 is 15.4 Å². The Balaban J connectivity index is 1.39. The number of carbonyl (C=O) groups excluding carboxylic acids is 1. The molecule has 0 aliphatic rings. The molecule has 4 aromatic rings. The van der Waals surface area contributed by atoms with Crippen molar-refractivity contribution in [2.45, 2.75) is 12.8 Å². The van der Waals surface area contributed by atoms with Gasteiger partial charge in [0, 0.05) is 41.8 Å². The quantitative estimate of drug-likeness (QED) is 0.302. The number of hydrogen-bond acceptors (Lipinski definition) is 4. The Labute approximate surface area is 200 Å². The summed E-state index contributed by atoms with van der Waals surface area (Å²) in [6, 6.07) is 25.5. The van der Waals surface area contributed by atoms with E-state index in [9.17, 15) is 18.0 Å². The zero-order chi connectivity index (χ0) is 24.7. The molecule has 0 aliphatic heterocycles. The zero-order valence-corrected chi connectivity index (χ0v) is 18.5. The smallest absolute Gasteiger partial charge is 0.406 e. The summed E-state index contributed by atoms with van der Waals surface area (Å²) in [5.74, 6) is -0.649. The number of carbonyl (C=O) groups is 1. The molecule has 0 saturated carbocycles. The largest absolute Gasteiger partial charge is 0.573 e. The van der Waals surface area contributed by atoms with E-state index in [4.69, 9.17) is 0 Å². The molecule has 2 N–H and O–H groups in total. The lowest BCUT2D eigenvalue weighted by Gasteiger charge is -2.13. The highest BCUT2D eigenvalue weighted by atomic mass is 19.4. The Hall–Kier alpha value is -4.33. The summed E-state index contributed by atoms with van der Waals surface area (Å²) in [4.78, 5) is 17.3. The average molecular weight is 477 g/mol. The molecule has 0 saturated heterocycles. The number of aromatic nitrogens is 1. The number of hydrogen-bond donors (Lipinski definition) is 2. The summed E-state index contributed by atoms with van der Waals surface area (Å²) in [5.41, 5.74) is 4.13. The third-order valence-electron chi connectivity index (χ3n) is 5.15. The monoisotopic (exact) mass is 477 g/mol. The second-order valence-electron chi connectivity index (χ2n) is 7.65. The first-order chi connectivity index (χ1) is 16.9. The first kappa shape index (κ1) is 23.8. The number of pyridine rings is 1. The fourth-order valence-corrected chi connectivity index (χ4v) is 3.52. The standard InChI is InChI=1S/C27H22F3N3O2/c28-27(29,30)35-23-14-8-19(9-15-23)24-6-1-2-7-25(24)26(34)33-22-12-10-21(11-13-22)32-18-16-20-5-3-4-17-31-20/h1-15,17,32H,16,18H2,(H,33,34). The molecule has 0 bridgehead atoms. The van der Waals surface area contributed by atoms with Crippen LogP contribution >= 0.6 is 0 Å². The zero-order valence-electron chi connectivity index (χ0n) is 18.5. The van der Waals surface area contributed by atoms with Crippen molar-refractivity contribution in [2.24, 2.45) is 0 Å². The van der Waals surface area contributed by atoms with E-state index in [1.165, 1.54) is 24.3 Å². The van der Waals surface area contributed by atoms with Gasteiger partial charge in [-0.2, -0.15) is 0 Å². The van der Waals surface area contributed by atoms with E-state index in [1.807, 2.05) is 30.3 Å². The number of amides is 1. The molecule has 1 aromatic heterocycles. The van der Waals surface area contributed by atoms with Gasteiger partial charge in [0.2, 0.25) is 0 Å². The summed E-state index contributed by atoms with van der Waals surface area (Å²) >= 11 is 0. The first-order valence-corrected chi connectivity index (χ1v) is 10.9. The molecular weight excluding hydrogens is 455 g/mol. The number of nitrogens with zero attached hydrogens (tertiary/aromatic N) is 1. The first-order valence-electron chi connectivity index (χ1n) is 10.9. The number of rotatable bonds is 8. The molecule has 0 unspecified atom stereocenters. The van der Waals surface area contributed by atoms with Crippen LogP contribution in [-0.4, -0.2) is 23.8 Å². The van der Waals surface area contributed by atoms with Gasteiger partial charge in [0.25, 0.3) is 5.91 Å². The van der Waals surface area contributed by atoms with Gasteiger partial charge in [-0.15, -0.1) is 13.2 Å². The van der Waals surface area contributed by atoms with Crippen LogP contribution in [0.15, 0.2) is 97.2 Å². The number of alkyl halides is 3. The van der Waals surface area contributed by atoms with Crippen molar-refractivity contribution in [2.75, 3.05) is 17.2 Å². The maximum Gasteiger partial charge on any atom is 0.573 e. The van der Waals surface area contributed by atoms with Crippen molar-refractivity contribution < 1.29 is 22.7 Å². The van der Waals surface area contributed by atoms with E-state index in [2.05, 4.69) is 20.4 Å². The predicted molar refractivity (Wildman–Crippen MR) is 129 cm³/mol. The van der Waals surface area contributed by atoms with Crippen LogP contribution in [0.2, 0.25) is 0 Å². The van der Waals surface area contributed by atoms with Gasteiger partial charge in [-0.1, -0.05) is 36.4 Å². The van der Waals surface area contributed by atoms with Gasteiger partial charge >= 0.3 is 6.36 Å². The number of nitrogens with one attached hydrogen (secondary N) is 2. The lowest BCUT2D eigenvalue weighted by molar-refractivity contribution is -0.274. The van der Waals surface area contributed by atoms with Gasteiger partial charge in [-0.25, -0.2) is 0 Å². The summed E-state index contributed by atoms with van der Waals surface area (Å²) in [7, 11) is 0. The maximum absolute atomic E-state index is 13.0. The highest BCUT2D eigenvalue weighted by Crippen LogP contribution is 2.29. The molecule has 0 radical (unpaired) electrons. The van der Waals surface area contributed by atoms with E-state index >= 15 is 0 Å². The van der Waals surface area contributed by atoms with Gasteiger partial charge in [-0.05, 0) is 65.7 Å². The second kappa shape index (κ2) is 10.7. The summed E-state index contributed by atoms with van der Waals surface area (Å²) in [6.07, 6.45) is -2.20. The lowest BCUT2D eigenvalue weighted by atomic mass is 9.99. The molecule has 0 fully saturated rings. The third-order valence-corrected chi connectivity index (χ3v) is 5.15. The normalized spacial score (nSPS) is 11.1. The summed E-state index contributed by atoms with van der Waals surface area (Å²) < 4.78 is 41.2. The van der Waals surface area contributed by atoms with Crippen LogP contribution in [0.25, 0.3) is 11.1 Å². The third kappa shape index (κ3) is 6.83. The van der Waals surface area contributed by atoms with Crippen LogP contribution in [0, 0.1) is 0 Å². The molecule has 0 spiro atoms. The van der Waals surface area contributed by atoms with Crippen molar-refractivity contribution in [1.29, 1.82) is 0 Å². The van der Waals surface area contributed by atoms with E-state index in [0.717, 1.165) is 24.3 Å².